The van der Waals surface area contributed by atoms with Crippen LogP contribution in [0, 0.1) is 15.5 Å². The standard InChI is InChI=1S/C15H17BrN4O2/c16-11-5-6-13(18)12(8-17)14(7-11)19-9-10-3-1-2-4-15(10)20(21)22/h3-5,7-8,18-19H,1-2,6,9,17H2. The zero-order valence-electron chi connectivity index (χ0n) is 11.9. The molecule has 22 heavy (non-hydrogen) atoms. The third-order valence-corrected chi connectivity index (χ3v) is 4.01. The lowest BCUT2D eigenvalue weighted by Gasteiger charge is -2.15. The lowest BCUT2D eigenvalue weighted by Crippen LogP contribution is -2.23. The molecule has 0 aliphatic heterocycles. The fourth-order valence-corrected chi connectivity index (χ4v) is 2.73. The summed E-state index contributed by atoms with van der Waals surface area (Å²) in [4.78, 5) is 10.7. The summed E-state index contributed by atoms with van der Waals surface area (Å²) in [6.07, 6.45) is 10.6. The van der Waals surface area contributed by atoms with E-state index in [1.54, 1.807) is 6.08 Å². The number of halogens is 1. The van der Waals surface area contributed by atoms with Crippen molar-refractivity contribution < 1.29 is 4.92 Å². The van der Waals surface area contributed by atoms with Gasteiger partial charge in [-0.3, -0.25) is 10.1 Å². The molecule has 0 saturated carbocycles. The Kier molecular flexibility index (Phi) is 5.32. The maximum Gasteiger partial charge on any atom is 0.270 e. The van der Waals surface area contributed by atoms with Crippen molar-refractivity contribution in [1.82, 2.24) is 5.32 Å². The minimum atomic E-state index is -0.355. The highest BCUT2D eigenvalue weighted by molar-refractivity contribution is 9.11. The van der Waals surface area contributed by atoms with E-state index in [4.69, 9.17) is 11.1 Å². The molecule has 0 spiro atoms. The van der Waals surface area contributed by atoms with E-state index in [9.17, 15) is 10.1 Å². The Hall–Kier alpha value is -2.15. The van der Waals surface area contributed by atoms with Gasteiger partial charge in [0.25, 0.3) is 5.70 Å². The molecule has 6 nitrogen and oxygen atoms in total. The van der Waals surface area contributed by atoms with Gasteiger partial charge in [-0.2, -0.15) is 0 Å². The van der Waals surface area contributed by atoms with E-state index in [0.717, 1.165) is 10.9 Å². The average molecular weight is 365 g/mol. The number of hydrogen-bond acceptors (Lipinski definition) is 5. The smallest absolute Gasteiger partial charge is 0.270 e. The lowest BCUT2D eigenvalue weighted by atomic mass is 10.0. The third-order valence-electron chi connectivity index (χ3n) is 3.46. The summed E-state index contributed by atoms with van der Waals surface area (Å²) in [6.45, 7) is 0.323. The van der Waals surface area contributed by atoms with Gasteiger partial charge in [0.05, 0.1) is 4.92 Å². The van der Waals surface area contributed by atoms with Crippen molar-refractivity contribution in [2.45, 2.75) is 19.3 Å². The molecule has 4 N–H and O–H groups in total. The molecule has 2 aliphatic rings. The van der Waals surface area contributed by atoms with Gasteiger partial charge in [-0.1, -0.05) is 28.1 Å². The number of allylic oxidation sites excluding steroid dienone is 6. The first-order valence-corrected chi connectivity index (χ1v) is 7.67. The van der Waals surface area contributed by atoms with E-state index >= 15 is 0 Å². The highest BCUT2D eigenvalue weighted by atomic mass is 79.9. The molecule has 0 fully saturated rings. The van der Waals surface area contributed by atoms with Gasteiger partial charge >= 0.3 is 0 Å². The maximum absolute atomic E-state index is 11.1. The van der Waals surface area contributed by atoms with Gasteiger partial charge in [-0.15, -0.1) is 0 Å². The first kappa shape index (κ1) is 16.2. The Labute approximate surface area is 136 Å². The average Bonchev–Trinajstić information content (AvgIpc) is 2.64. The SMILES string of the molecule is N=C1CC=C(Br)C=C(NCC2=CCCC=C2[N+](=O)[O-])C1=CN. The second-order valence-electron chi connectivity index (χ2n) is 4.92. The van der Waals surface area contributed by atoms with E-state index < -0.39 is 0 Å². The predicted octanol–water partition coefficient (Wildman–Crippen LogP) is 2.89. The van der Waals surface area contributed by atoms with Crippen LogP contribution in [0.2, 0.25) is 0 Å². The Morgan fingerprint density at radius 3 is 2.82 bits per heavy atom. The van der Waals surface area contributed by atoms with Gasteiger partial charge in [0.15, 0.2) is 0 Å². The number of hydrogen-bond donors (Lipinski definition) is 3. The van der Waals surface area contributed by atoms with Crippen LogP contribution in [0.15, 0.2) is 57.5 Å². The molecule has 2 rings (SSSR count). The molecule has 0 aromatic rings. The molecule has 116 valence electrons. The summed E-state index contributed by atoms with van der Waals surface area (Å²) in [7, 11) is 0. The van der Waals surface area contributed by atoms with E-state index in [1.165, 1.54) is 6.20 Å². The lowest BCUT2D eigenvalue weighted by molar-refractivity contribution is -0.421. The number of rotatable bonds is 4. The number of nitro groups is 1. The van der Waals surface area contributed by atoms with Gasteiger partial charge < -0.3 is 16.5 Å². The molecule has 0 amide bonds. The highest BCUT2D eigenvalue weighted by Crippen LogP contribution is 2.23. The first-order chi connectivity index (χ1) is 10.5. The molecule has 0 bridgehead atoms. The fourth-order valence-electron chi connectivity index (χ4n) is 2.34. The van der Waals surface area contributed by atoms with Gasteiger partial charge in [0, 0.05) is 46.2 Å². The van der Waals surface area contributed by atoms with Crippen LogP contribution in [0.25, 0.3) is 0 Å². The topological polar surface area (TPSA) is 105 Å². The van der Waals surface area contributed by atoms with Crippen molar-refractivity contribution in [3.05, 3.63) is 67.6 Å². The van der Waals surface area contributed by atoms with Crippen LogP contribution < -0.4 is 11.1 Å². The van der Waals surface area contributed by atoms with Gasteiger partial charge in [-0.05, 0) is 25.0 Å². The van der Waals surface area contributed by atoms with Crippen LogP contribution in [0.5, 0.6) is 0 Å². The Balaban J connectivity index is 2.17. The minimum absolute atomic E-state index is 0.149. The van der Waals surface area contributed by atoms with Crippen LogP contribution in [-0.4, -0.2) is 17.2 Å². The van der Waals surface area contributed by atoms with Gasteiger partial charge in [-0.25, -0.2) is 0 Å². The largest absolute Gasteiger partial charge is 0.404 e. The van der Waals surface area contributed by atoms with Crippen molar-refractivity contribution in [1.29, 1.82) is 5.41 Å². The van der Waals surface area contributed by atoms with Crippen molar-refractivity contribution >= 4 is 21.6 Å². The molecule has 0 saturated heterocycles. The zero-order valence-corrected chi connectivity index (χ0v) is 13.5. The molecular weight excluding hydrogens is 348 g/mol. The van der Waals surface area contributed by atoms with Crippen LogP contribution in [-0.2, 0) is 0 Å². The summed E-state index contributed by atoms with van der Waals surface area (Å²) in [5.41, 5.74) is 8.12. The molecule has 0 unspecified atom stereocenters. The fraction of sp³-hybridized carbons (Fsp3) is 0.267. The van der Waals surface area contributed by atoms with Crippen LogP contribution >= 0.6 is 15.9 Å². The second kappa shape index (κ2) is 7.22. The molecule has 7 heteroatoms. The van der Waals surface area contributed by atoms with E-state index in [-0.39, 0.29) is 10.6 Å². The van der Waals surface area contributed by atoms with Crippen molar-refractivity contribution in [2.24, 2.45) is 5.73 Å². The number of nitrogens with two attached hydrogens (primary N) is 1. The van der Waals surface area contributed by atoms with Crippen LogP contribution in [0.3, 0.4) is 0 Å². The maximum atomic E-state index is 11.1. The van der Waals surface area contributed by atoms with E-state index in [2.05, 4.69) is 21.2 Å². The molecule has 0 atom stereocenters. The molecular formula is C15H17BrN4O2. The monoisotopic (exact) mass is 364 g/mol. The Morgan fingerprint density at radius 1 is 1.41 bits per heavy atom. The van der Waals surface area contributed by atoms with Gasteiger partial charge in [0.1, 0.15) is 0 Å². The normalized spacial score (nSPS) is 20.6. The molecule has 0 aromatic heterocycles. The van der Waals surface area contributed by atoms with Gasteiger partial charge in [0.2, 0.25) is 0 Å². The zero-order chi connectivity index (χ0) is 16.1. The quantitative estimate of drug-likeness (QED) is 0.526. The van der Waals surface area contributed by atoms with Crippen molar-refractivity contribution in [3.63, 3.8) is 0 Å². The number of nitrogens with zero attached hydrogens (tertiary/aromatic N) is 1. The molecule has 0 aromatic carbocycles. The van der Waals surface area contributed by atoms with Crippen LogP contribution in [0.1, 0.15) is 19.3 Å². The van der Waals surface area contributed by atoms with Crippen molar-refractivity contribution in [3.8, 4) is 0 Å². The summed E-state index contributed by atoms with van der Waals surface area (Å²) >= 11 is 3.41. The predicted molar refractivity (Wildman–Crippen MR) is 90.1 cm³/mol. The van der Waals surface area contributed by atoms with Crippen molar-refractivity contribution in [2.75, 3.05) is 6.54 Å². The summed E-state index contributed by atoms with van der Waals surface area (Å²) in [5, 5.41) is 22.2. The van der Waals surface area contributed by atoms with E-state index in [1.807, 2.05) is 18.2 Å². The minimum Gasteiger partial charge on any atom is -0.404 e. The first-order valence-electron chi connectivity index (χ1n) is 6.88. The van der Waals surface area contributed by atoms with E-state index in [0.29, 0.717) is 41.9 Å². The number of nitrogens with one attached hydrogen (secondary N) is 2. The highest BCUT2D eigenvalue weighted by Gasteiger charge is 2.21. The third kappa shape index (κ3) is 3.73. The van der Waals surface area contributed by atoms with Crippen LogP contribution in [0.4, 0.5) is 0 Å². The summed E-state index contributed by atoms with van der Waals surface area (Å²) in [6, 6.07) is 0. The molecule has 0 radical (unpaired) electrons. The summed E-state index contributed by atoms with van der Waals surface area (Å²) < 4.78 is 0.847. The molecule has 0 heterocycles. The Morgan fingerprint density at radius 2 is 2.14 bits per heavy atom. The second-order valence-corrected chi connectivity index (χ2v) is 5.83. The summed E-state index contributed by atoms with van der Waals surface area (Å²) in [5.74, 6) is 0. The molecule has 2 aliphatic carbocycles. The Bertz CT molecular complexity index is 656.